The molecule has 4 aromatic carbocycles. The van der Waals surface area contributed by atoms with Crippen LogP contribution in [-0.2, 0) is 14.3 Å². The second-order valence-corrected chi connectivity index (χ2v) is 10.2. The zero-order valence-electron chi connectivity index (χ0n) is 25.1. The average molecular weight is 612 g/mol. The van der Waals surface area contributed by atoms with Crippen LogP contribution in [0.1, 0.15) is 36.0 Å². The first-order valence-corrected chi connectivity index (χ1v) is 14.7. The Morgan fingerprint density at radius 1 is 0.711 bits per heavy atom. The molecule has 0 saturated heterocycles. The lowest BCUT2D eigenvalue weighted by Crippen LogP contribution is -2.11. The summed E-state index contributed by atoms with van der Waals surface area (Å²) >= 11 is 0. The maximum atomic E-state index is 12.8. The summed E-state index contributed by atoms with van der Waals surface area (Å²) < 4.78 is 27.4. The Balaban J connectivity index is 1.25. The van der Waals surface area contributed by atoms with Crippen molar-refractivity contribution in [1.82, 2.24) is 0 Å². The minimum absolute atomic E-state index is 0.0267. The van der Waals surface area contributed by atoms with Gasteiger partial charge in [-0.3, -0.25) is 5.41 Å². The van der Waals surface area contributed by atoms with Crippen LogP contribution >= 0.6 is 0 Å². The molecule has 0 aliphatic heterocycles. The van der Waals surface area contributed by atoms with Crippen molar-refractivity contribution in [3.8, 4) is 17.2 Å². The zero-order valence-corrected chi connectivity index (χ0v) is 25.1. The predicted molar refractivity (Wildman–Crippen MR) is 173 cm³/mol. The minimum atomic E-state index is -0.600. The van der Waals surface area contributed by atoms with Crippen LogP contribution in [0.15, 0.2) is 97.6 Å². The normalized spacial score (nSPS) is 10.7. The summed E-state index contributed by atoms with van der Waals surface area (Å²) in [5.41, 5.74) is 0.423. The Morgan fingerprint density at radius 3 is 1.87 bits per heavy atom. The van der Waals surface area contributed by atoms with Gasteiger partial charge in [0.2, 0.25) is 5.90 Å². The number of unbranched alkanes of at least 4 members (excludes halogenated alkanes) is 2. The van der Waals surface area contributed by atoms with Crippen LogP contribution in [-0.4, -0.2) is 56.0 Å². The fourth-order valence-corrected chi connectivity index (χ4v) is 4.39. The maximum absolute atomic E-state index is 12.8. The van der Waals surface area contributed by atoms with Gasteiger partial charge in [0.05, 0.1) is 44.2 Å². The fraction of sp³-hybridized carbons (Fsp3) is 0.250. The number of fused-ring (bicyclic) bond motifs is 3. The van der Waals surface area contributed by atoms with E-state index >= 15 is 0 Å². The number of nitrogens with one attached hydrogen (secondary N) is 1. The molecule has 4 rings (SSSR count). The molecule has 0 saturated carbocycles. The van der Waals surface area contributed by atoms with E-state index in [0.717, 1.165) is 40.1 Å². The third-order valence-corrected chi connectivity index (χ3v) is 6.85. The van der Waals surface area contributed by atoms with Crippen molar-refractivity contribution in [3.63, 3.8) is 0 Å². The summed E-state index contributed by atoms with van der Waals surface area (Å²) in [6.45, 7) is 8.15. The van der Waals surface area contributed by atoms with Gasteiger partial charge in [0.1, 0.15) is 17.2 Å². The molecule has 0 atom stereocenters. The van der Waals surface area contributed by atoms with Crippen LogP contribution < -0.4 is 14.2 Å². The molecule has 9 nitrogen and oxygen atoms in total. The van der Waals surface area contributed by atoms with Crippen molar-refractivity contribution in [1.29, 1.82) is 5.41 Å². The zero-order chi connectivity index (χ0) is 32.0. The largest absolute Gasteiger partial charge is 0.494 e. The Bertz CT molecular complexity index is 1660. The lowest BCUT2D eigenvalue weighted by atomic mass is 10.0. The molecule has 234 valence electrons. The van der Waals surface area contributed by atoms with Gasteiger partial charge in [0.15, 0.2) is 0 Å². The van der Waals surface area contributed by atoms with Crippen LogP contribution in [0.2, 0.25) is 0 Å². The molecule has 4 aromatic rings. The minimum Gasteiger partial charge on any atom is -0.494 e. The van der Waals surface area contributed by atoms with E-state index in [4.69, 9.17) is 34.2 Å². The third kappa shape index (κ3) is 9.67. The number of hydrogen-bond acceptors (Lipinski definition) is 9. The standard InChI is InChI=1S/C36H37NO8/c1-3-34(37)43-20-6-4-19-42-30-14-16-32-27(22-30)8-9-28-23-31(15-17-33(28)32)45-36(40)26-10-12-29(13-11-26)41-18-5-7-21-44-35(39)25(2)24-38/h3,8-17,22-23,37-38H,1-2,4-7,18-21,24H2. The van der Waals surface area contributed by atoms with Crippen molar-refractivity contribution >= 4 is 39.4 Å². The highest BCUT2D eigenvalue weighted by molar-refractivity contribution is 6.08. The predicted octanol–water partition coefficient (Wildman–Crippen LogP) is 6.80. The molecule has 0 aliphatic carbocycles. The van der Waals surface area contributed by atoms with Gasteiger partial charge in [-0.2, -0.15) is 0 Å². The Morgan fingerprint density at radius 2 is 1.24 bits per heavy atom. The molecule has 45 heavy (non-hydrogen) atoms. The summed E-state index contributed by atoms with van der Waals surface area (Å²) in [5, 5.41) is 20.4. The lowest BCUT2D eigenvalue weighted by molar-refractivity contribution is -0.139. The Kier molecular flexibility index (Phi) is 12.1. The molecule has 2 N–H and O–H groups in total. The second kappa shape index (κ2) is 16.6. The van der Waals surface area contributed by atoms with Crippen molar-refractivity contribution in [3.05, 3.63) is 103 Å². The van der Waals surface area contributed by atoms with Gasteiger partial charge in [-0.1, -0.05) is 37.4 Å². The van der Waals surface area contributed by atoms with E-state index in [1.165, 1.54) is 6.08 Å². The van der Waals surface area contributed by atoms with E-state index in [1.807, 2.05) is 42.5 Å². The van der Waals surface area contributed by atoms with Gasteiger partial charge in [0, 0.05) is 0 Å². The van der Waals surface area contributed by atoms with Crippen LogP contribution in [0.3, 0.4) is 0 Å². The van der Waals surface area contributed by atoms with Crippen LogP contribution in [0.4, 0.5) is 0 Å². The molecular weight excluding hydrogens is 574 g/mol. The molecule has 0 aliphatic rings. The van der Waals surface area contributed by atoms with Gasteiger partial charge in [-0.05, 0) is 102 Å². The molecule has 0 radical (unpaired) electrons. The van der Waals surface area contributed by atoms with Gasteiger partial charge >= 0.3 is 11.9 Å². The van der Waals surface area contributed by atoms with Crippen LogP contribution in [0.25, 0.3) is 21.5 Å². The summed E-state index contributed by atoms with van der Waals surface area (Å²) in [6, 6.07) is 22.3. The Hall–Kier alpha value is -5.15. The number of carbonyl (C=O) groups is 2. The Labute approximate surface area is 262 Å². The van der Waals surface area contributed by atoms with Gasteiger partial charge in [-0.25, -0.2) is 9.59 Å². The quantitative estimate of drug-likeness (QED) is 0.0254. The van der Waals surface area contributed by atoms with Gasteiger partial charge in [0.25, 0.3) is 0 Å². The van der Waals surface area contributed by atoms with E-state index in [1.54, 1.807) is 30.3 Å². The first-order valence-electron chi connectivity index (χ1n) is 14.7. The summed E-state index contributed by atoms with van der Waals surface area (Å²) in [7, 11) is 0. The highest BCUT2D eigenvalue weighted by Crippen LogP contribution is 2.31. The first-order chi connectivity index (χ1) is 21.9. The molecule has 0 heterocycles. The van der Waals surface area contributed by atoms with E-state index in [-0.39, 0.29) is 18.1 Å². The second-order valence-electron chi connectivity index (χ2n) is 10.2. The summed E-state index contributed by atoms with van der Waals surface area (Å²) in [4.78, 5) is 24.2. The van der Waals surface area contributed by atoms with E-state index < -0.39 is 18.5 Å². The maximum Gasteiger partial charge on any atom is 0.343 e. The number of carbonyl (C=O) groups excluding carboxylic acids is 2. The number of aliphatic hydroxyl groups is 1. The van der Waals surface area contributed by atoms with E-state index in [2.05, 4.69) is 13.2 Å². The number of rotatable bonds is 17. The molecule has 0 aromatic heterocycles. The van der Waals surface area contributed by atoms with Crippen LogP contribution in [0, 0.1) is 5.41 Å². The van der Waals surface area contributed by atoms with Crippen molar-refractivity contribution in [2.75, 3.05) is 33.0 Å². The van der Waals surface area contributed by atoms with Gasteiger partial charge < -0.3 is 28.8 Å². The fourth-order valence-electron chi connectivity index (χ4n) is 4.39. The van der Waals surface area contributed by atoms with E-state index in [9.17, 15) is 9.59 Å². The molecule has 0 unspecified atom stereocenters. The van der Waals surface area contributed by atoms with Crippen molar-refractivity contribution in [2.24, 2.45) is 0 Å². The molecule has 0 amide bonds. The SMILES string of the molecule is C=CC(=N)OCCCCOc1ccc2c(ccc3cc(OC(=O)c4ccc(OCCCCOC(=O)C(=C)CO)cc4)ccc32)c1. The van der Waals surface area contributed by atoms with Crippen molar-refractivity contribution < 1.29 is 38.4 Å². The number of aliphatic hydroxyl groups excluding tert-OH is 1. The highest BCUT2D eigenvalue weighted by atomic mass is 16.5. The number of esters is 2. The average Bonchev–Trinajstić information content (AvgIpc) is 3.07. The molecular formula is C36H37NO8. The molecule has 0 fully saturated rings. The molecule has 9 heteroatoms. The van der Waals surface area contributed by atoms with Gasteiger partial charge in [-0.15, -0.1) is 0 Å². The summed E-state index contributed by atoms with van der Waals surface area (Å²) in [5.74, 6) is 0.851. The first kappa shape index (κ1) is 32.8. The monoisotopic (exact) mass is 611 g/mol. The molecule has 0 spiro atoms. The highest BCUT2D eigenvalue weighted by Gasteiger charge is 2.11. The van der Waals surface area contributed by atoms with Crippen LogP contribution in [0.5, 0.6) is 17.2 Å². The third-order valence-electron chi connectivity index (χ3n) is 6.85. The topological polar surface area (TPSA) is 124 Å². The smallest absolute Gasteiger partial charge is 0.343 e. The molecule has 0 bridgehead atoms. The summed E-state index contributed by atoms with van der Waals surface area (Å²) in [6.07, 6.45) is 4.24. The number of ether oxygens (including phenoxy) is 5. The number of benzene rings is 4. The van der Waals surface area contributed by atoms with Crippen molar-refractivity contribution in [2.45, 2.75) is 25.7 Å². The van der Waals surface area contributed by atoms with E-state index in [0.29, 0.717) is 49.7 Å². The lowest BCUT2D eigenvalue weighted by Gasteiger charge is -2.11. The number of hydrogen-bond donors (Lipinski definition) is 2.